The van der Waals surface area contributed by atoms with E-state index >= 15 is 0 Å². The minimum atomic E-state index is -0.178. The number of methoxy groups -OCH3 is 2. The lowest BCUT2D eigenvalue weighted by Gasteiger charge is -2.28. The number of benzene rings is 2. The van der Waals surface area contributed by atoms with E-state index in [1.807, 2.05) is 65.7 Å². The van der Waals surface area contributed by atoms with Gasteiger partial charge in [0, 0.05) is 18.0 Å². The summed E-state index contributed by atoms with van der Waals surface area (Å²) in [5.41, 5.74) is 3.21. The molecule has 0 radical (unpaired) electrons. The molecule has 38 heavy (non-hydrogen) atoms. The zero-order valence-corrected chi connectivity index (χ0v) is 23.6. The molecule has 2 amide bonds. The Bertz CT molecular complexity index is 1160. The molecular weight excluding hydrogens is 500 g/mol. The van der Waals surface area contributed by atoms with E-state index in [4.69, 9.17) is 14.2 Å². The van der Waals surface area contributed by atoms with Crippen LogP contribution in [0, 0.1) is 6.92 Å². The van der Waals surface area contributed by atoms with Crippen LogP contribution in [0.2, 0.25) is 0 Å². The lowest BCUT2D eigenvalue weighted by Crippen LogP contribution is -2.44. The van der Waals surface area contributed by atoms with Gasteiger partial charge in [0.15, 0.2) is 11.5 Å². The Labute approximate surface area is 229 Å². The topological polar surface area (TPSA) is 68.3 Å². The Morgan fingerprint density at radius 3 is 2.29 bits per heavy atom. The second kappa shape index (κ2) is 15.1. The van der Waals surface area contributed by atoms with Gasteiger partial charge in [-0.05, 0) is 60.0 Å². The van der Waals surface area contributed by atoms with E-state index in [-0.39, 0.29) is 25.0 Å². The van der Waals surface area contributed by atoms with Crippen LogP contribution in [0.3, 0.4) is 0 Å². The molecule has 2 aromatic carbocycles. The molecule has 0 N–H and O–H groups in total. The molecule has 7 nitrogen and oxygen atoms in total. The van der Waals surface area contributed by atoms with E-state index in [9.17, 15) is 9.59 Å². The number of hydrogen-bond donors (Lipinski definition) is 0. The van der Waals surface area contributed by atoms with Gasteiger partial charge in [0.05, 0.1) is 33.9 Å². The zero-order valence-electron chi connectivity index (χ0n) is 22.8. The van der Waals surface area contributed by atoms with Crippen LogP contribution < -0.4 is 9.47 Å². The fraction of sp³-hybridized carbons (Fsp3) is 0.400. The van der Waals surface area contributed by atoms with Crippen LogP contribution in [0.1, 0.15) is 34.9 Å². The van der Waals surface area contributed by atoms with Gasteiger partial charge in [-0.3, -0.25) is 9.59 Å². The van der Waals surface area contributed by atoms with Gasteiger partial charge in [0.2, 0.25) is 11.8 Å². The third-order valence-electron chi connectivity index (χ3n) is 6.28. The van der Waals surface area contributed by atoms with Crippen molar-refractivity contribution < 1.29 is 23.8 Å². The summed E-state index contributed by atoms with van der Waals surface area (Å²) in [6.07, 6.45) is 1.41. The standard InChI is InChI=1S/C30H38N2O5S/c1-5-15-31(30(34)22-37-21-25-9-7-6-8-10-25)20-29(33)32(19-28-23(2)14-17-38-28)16-13-24-11-12-26(35-3)27(18-24)36-4/h6-12,14,17-18H,5,13,15-16,19-22H2,1-4H3. The van der Waals surface area contributed by atoms with Crippen LogP contribution >= 0.6 is 11.3 Å². The molecule has 0 saturated carbocycles. The molecule has 8 heteroatoms. The van der Waals surface area contributed by atoms with Gasteiger partial charge in [-0.1, -0.05) is 43.3 Å². The van der Waals surface area contributed by atoms with Crippen LogP contribution in [0.15, 0.2) is 60.0 Å². The number of rotatable bonds is 15. The summed E-state index contributed by atoms with van der Waals surface area (Å²) in [4.78, 5) is 31.1. The smallest absolute Gasteiger partial charge is 0.249 e. The molecule has 0 atom stereocenters. The quantitative estimate of drug-likeness (QED) is 0.269. The van der Waals surface area contributed by atoms with Crippen molar-refractivity contribution in [2.24, 2.45) is 0 Å². The molecule has 0 saturated heterocycles. The highest BCUT2D eigenvalue weighted by molar-refractivity contribution is 7.10. The Hall–Kier alpha value is -3.36. The number of thiophene rings is 1. The van der Waals surface area contributed by atoms with Gasteiger partial charge in [0.1, 0.15) is 6.61 Å². The molecule has 3 aromatic rings. The molecule has 0 aliphatic carbocycles. The number of carbonyl (C=O) groups is 2. The average molecular weight is 539 g/mol. The SMILES string of the molecule is CCCN(CC(=O)N(CCc1ccc(OC)c(OC)c1)Cc1sccc1C)C(=O)COCc1ccccc1. The van der Waals surface area contributed by atoms with Crippen molar-refractivity contribution in [3.05, 3.63) is 81.5 Å². The average Bonchev–Trinajstić information content (AvgIpc) is 3.34. The van der Waals surface area contributed by atoms with Gasteiger partial charge in [-0.15, -0.1) is 11.3 Å². The van der Waals surface area contributed by atoms with Crippen molar-refractivity contribution in [3.8, 4) is 11.5 Å². The van der Waals surface area contributed by atoms with Crippen molar-refractivity contribution >= 4 is 23.2 Å². The lowest BCUT2D eigenvalue weighted by molar-refractivity contribution is -0.143. The molecule has 0 fully saturated rings. The summed E-state index contributed by atoms with van der Waals surface area (Å²) in [7, 11) is 3.22. The van der Waals surface area contributed by atoms with E-state index < -0.39 is 0 Å². The Balaban J connectivity index is 1.67. The van der Waals surface area contributed by atoms with E-state index in [0.29, 0.717) is 44.2 Å². The van der Waals surface area contributed by atoms with Crippen LogP contribution in [-0.2, 0) is 33.9 Å². The van der Waals surface area contributed by atoms with Gasteiger partial charge >= 0.3 is 0 Å². The fourth-order valence-corrected chi connectivity index (χ4v) is 5.00. The summed E-state index contributed by atoms with van der Waals surface area (Å²) in [5, 5.41) is 2.04. The van der Waals surface area contributed by atoms with E-state index in [1.165, 1.54) is 0 Å². The van der Waals surface area contributed by atoms with Gasteiger partial charge in [-0.25, -0.2) is 0 Å². The predicted octanol–water partition coefficient (Wildman–Crippen LogP) is 5.10. The minimum absolute atomic E-state index is 0.0255. The summed E-state index contributed by atoms with van der Waals surface area (Å²) in [5.74, 6) is 1.07. The monoisotopic (exact) mass is 538 g/mol. The number of hydrogen-bond acceptors (Lipinski definition) is 6. The third-order valence-corrected chi connectivity index (χ3v) is 7.29. The van der Waals surface area contributed by atoms with Crippen molar-refractivity contribution in [3.63, 3.8) is 0 Å². The second-order valence-electron chi connectivity index (χ2n) is 9.08. The Kier molecular flexibility index (Phi) is 11.6. The van der Waals surface area contributed by atoms with E-state index in [0.717, 1.165) is 28.0 Å². The van der Waals surface area contributed by atoms with Gasteiger partial charge in [-0.2, -0.15) is 0 Å². The molecule has 3 rings (SSSR count). The van der Waals surface area contributed by atoms with Crippen molar-refractivity contribution in [1.82, 2.24) is 9.80 Å². The maximum Gasteiger partial charge on any atom is 0.249 e. The number of amides is 2. The molecular formula is C30H38N2O5S. The summed E-state index contributed by atoms with van der Waals surface area (Å²) in [6, 6.07) is 17.6. The van der Waals surface area contributed by atoms with Crippen molar-refractivity contribution in [2.75, 3.05) is 40.5 Å². The van der Waals surface area contributed by atoms with Gasteiger partial charge in [0.25, 0.3) is 0 Å². The second-order valence-corrected chi connectivity index (χ2v) is 10.1. The largest absolute Gasteiger partial charge is 0.493 e. The number of nitrogens with zero attached hydrogens (tertiary/aromatic N) is 2. The molecule has 204 valence electrons. The molecule has 0 aliphatic rings. The normalized spacial score (nSPS) is 10.7. The third kappa shape index (κ3) is 8.60. The first-order valence-corrected chi connectivity index (χ1v) is 13.7. The van der Waals surface area contributed by atoms with Crippen molar-refractivity contribution in [2.45, 2.75) is 39.8 Å². The number of carbonyl (C=O) groups excluding carboxylic acids is 2. The molecule has 1 aromatic heterocycles. The Morgan fingerprint density at radius 1 is 0.868 bits per heavy atom. The highest BCUT2D eigenvalue weighted by atomic mass is 32.1. The first-order chi connectivity index (χ1) is 18.4. The number of aryl methyl sites for hydroxylation is 1. The molecule has 0 bridgehead atoms. The fourth-order valence-electron chi connectivity index (χ4n) is 4.08. The number of ether oxygens (including phenoxy) is 3. The van der Waals surface area contributed by atoms with E-state index in [2.05, 4.69) is 13.0 Å². The summed E-state index contributed by atoms with van der Waals surface area (Å²) >= 11 is 1.64. The first-order valence-electron chi connectivity index (χ1n) is 12.9. The van der Waals surface area contributed by atoms with Crippen LogP contribution in [0.4, 0.5) is 0 Å². The van der Waals surface area contributed by atoms with Gasteiger partial charge < -0.3 is 24.0 Å². The molecule has 0 unspecified atom stereocenters. The highest BCUT2D eigenvalue weighted by Crippen LogP contribution is 2.28. The van der Waals surface area contributed by atoms with Crippen LogP contribution in [0.25, 0.3) is 0 Å². The Morgan fingerprint density at radius 2 is 1.63 bits per heavy atom. The first kappa shape index (κ1) is 29.2. The summed E-state index contributed by atoms with van der Waals surface area (Å²) in [6.45, 7) is 5.91. The van der Waals surface area contributed by atoms with E-state index in [1.54, 1.807) is 30.5 Å². The minimum Gasteiger partial charge on any atom is -0.493 e. The predicted molar refractivity (Wildman–Crippen MR) is 151 cm³/mol. The summed E-state index contributed by atoms with van der Waals surface area (Å²) < 4.78 is 16.4. The van der Waals surface area contributed by atoms with Crippen LogP contribution in [0.5, 0.6) is 11.5 Å². The lowest BCUT2D eigenvalue weighted by atomic mass is 10.1. The molecule has 1 heterocycles. The van der Waals surface area contributed by atoms with Crippen LogP contribution in [-0.4, -0.2) is 62.1 Å². The molecule has 0 spiro atoms. The van der Waals surface area contributed by atoms with Crippen molar-refractivity contribution in [1.29, 1.82) is 0 Å². The molecule has 0 aliphatic heterocycles. The maximum atomic E-state index is 13.6. The maximum absolute atomic E-state index is 13.6. The highest BCUT2D eigenvalue weighted by Gasteiger charge is 2.22. The zero-order chi connectivity index (χ0) is 27.3.